The fourth-order valence-electron chi connectivity index (χ4n) is 1.82. The quantitative estimate of drug-likeness (QED) is 0.761. The van der Waals surface area contributed by atoms with Crippen LogP contribution in [0.25, 0.3) is 0 Å². The van der Waals surface area contributed by atoms with Gasteiger partial charge in [0, 0.05) is 37.9 Å². The molecule has 0 aromatic carbocycles. The second-order valence-electron chi connectivity index (χ2n) is 4.12. The Hall–Kier alpha value is -0.870. The normalized spacial score (nSPS) is 13.4. The van der Waals surface area contributed by atoms with Crippen LogP contribution >= 0.6 is 0 Å². The highest BCUT2D eigenvalue weighted by atomic mass is 15.2. The first-order chi connectivity index (χ1) is 7.17. The summed E-state index contributed by atoms with van der Waals surface area (Å²) in [7, 11) is 4.07. The standard InChI is InChI=1S/C11H22N4/c1-4-5-11(6-12)14(2)8-10-7-13-15(3)9-10/h7,9,11H,4-6,8,12H2,1-3H3. The van der Waals surface area contributed by atoms with Gasteiger partial charge in [-0.15, -0.1) is 0 Å². The Morgan fingerprint density at radius 3 is 2.80 bits per heavy atom. The van der Waals surface area contributed by atoms with Crippen molar-refractivity contribution in [3.63, 3.8) is 0 Å². The van der Waals surface area contributed by atoms with Crippen molar-refractivity contribution >= 4 is 0 Å². The van der Waals surface area contributed by atoms with Crippen LogP contribution in [0, 0.1) is 0 Å². The molecular weight excluding hydrogens is 188 g/mol. The number of hydrogen-bond acceptors (Lipinski definition) is 3. The van der Waals surface area contributed by atoms with Crippen LogP contribution in [0.5, 0.6) is 0 Å². The maximum atomic E-state index is 5.76. The zero-order chi connectivity index (χ0) is 11.3. The van der Waals surface area contributed by atoms with Crippen molar-refractivity contribution in [3.05, 3.63) is 18.0 Å². The van der Waals surface area contributed by atoms with E-state index in [1.54, 1.807) is 0 Å². The molecule has 0 bridgehead atoms. The van der Waals surface area contributed by atoms with Crippen molar-refractivity contribution in [2.75, 3.05) is 13.6 Å². The number of nitrogens with zero attached hydrogens (tertiary/aromatic N) is 3. The first-order valence-electron chi connectivity index (χ1n) is 5.55. The Kier molecular flexibility index (Phi) is 4.78. The number of likely N-dealkylation sites (N-methyl/N-ethyl adjacent to an activating group) is 1. The number of rotatable bonds is 6. The molecule has 0 saturated heterocycles. The van der Waals surface area contributed by atoms with Gasteiger partial charge in [-0.1, -0.05) is 13.3 Å². The lowest BCUT2D eigenvalue weighted by Gasteiger charge is -2.26. The molecule has 1 rings (SSSR count). The highest BCUT2D eigenvalue weighted by molar-refractivity contribution is 5.03. The van der Waals surface area contributed by atoms with Crippen molar-refractivity contribution in [1.82, 2.24) is 14.7 Å². The summed E-state index contributed by atoms with van der Waals surface area (Å²) >= 11 is 0. The molecule has 0 spiro atoms. The van der Waals surface area contributed by atoms with Crippen LogP contribution in [0.2, 0.25) is 0 Å². The van der Waals surface area contributed by atoms with Crippen molar-refractivity contribution < 1.29 is 0 Å². The summed E-state index contributed by atoms with van der Waals surface area (Å²) in [5.41, 5.74) is 7.00. The van der Waals surface area contributed by atoms with Gasteiger partial charge >= 0.3 is 0 Å². The lowest BCUT2D eigenvalue weighted by Crippen LogP contribution is -2.37. The molecule has 0 amide bonds. The van der Waals surface area contributed by atoms with Gasteiger partial charge in [0.15, 0.2) is 0 Å². The highest BCUT2D eigenvalue weighted by Gasteiger charge is 2.12. The molecule has 2 N–H and O–H groups in total. The van der Waals surface area contributed by atoms with E-state index in [2.05, 4.69) is 30.2 Å². The first-order valence-corrected chi connectivity index (χ1v) is 5.55. The lowest BCUT2D eigenvalue weighted by molar-refractivity contribution is 0.226. The predicted molar refractivity (Wildman–Crippen MR) is 62.4 cm³/mol. The van der Waals surface area contributed by atoms with Gasteiger partial charge < -0.3 is 5.73 Å². The Balaban J connectivity index is 2.49. The van der Waals surface area contributed by atoms with Crippen LogP contribution in [0.4, 0.5) is 0 Å². The van der Waals surface area contributed by atoms with Crippen LogP contribution in [0.1, 0.15) is 25.3 Å². The summed E-state index contributed by atoms with van der Waals surface area (Å²) in [6, 6.07) is 0.482. The average molecular weight is 210 g/mol. The molecule has 1 atom stereocenters. The monoisotopic (exact) mass is 210 g/mol. The molecule has 1 heterocycles. The zero-order valence-corrected chi connectivity index (χ0v) is 9.98. The zero-order valence-electron chi connectivity index (χ0n) is 9.98. The minimum Gasteiger partial charge on any atom is -0.329 e. The summed E-state index contributed by atoms with van der Waals surface area (Å²) < 4.78 is 1.83. The molecule has 0 aliphatic rings. The smallest absolute Gasteiger partial charge is 0.0534 e. The molecule has 15 heavy (non-hydrogen) atoms. The molecule has 4 nitrogen and oxygen atoms in total. The van der Waals surface area contributed by atoms with E-state index in [0.29, 0.717) is 6.04 Å². The molecule has 1 unspecified atom stereocenters. The molecule has 0 aliphatic carbocycles. The van der Waals surface area contributed by atoms with Gasteiger partial charge in [0.05, 0.1) is 6.20 Å². The minimum absolute atomic E-state index is 0.482. The third-order valence-electron chi connectivity index (χ3n) is 2.71. The van der Waals surface area contributed by atoms with Crippen molar-refractivity contribution in [1.29, 1.82) is 0 Å². The Bertz CT molecular complexity index is 282. The SMILES string of the molecule is CCCC(CN)N(C)Cc1cnn(C)c1. The average Bonchev–Trinajstić information content (AvgIpc) is 2.60. The van der Waals surface area contributed by atoms with E-state index in [0.717, 1.165) is 19.5 Å². The van der Waals surface area contributed by atoms with Crippen molar-refractivity contribution in [3.8, 4) is 0 Å². The second-order valence-corrected chi connectivity index (χ2v) is 4.12. The minimum atomic E-state index is 0.482. The third-order valence-corrected chi connectivity index (χ3v) is 2.71. The van der Waals surface area contributed by atoms with Gasteiger partial charge in [0.25, 0.3) is 0 Å². The van der Waals surface area contributed by atoms with Gasteiger partial charge in [-0.25, -0.2) is 0 Å². The van der Waals surface area contributed by atoms with E-state index in [-0.39, 0.29) is 0 Å². The van der Waals surface area contributed by atoms with Gasteiger partial charge in [-0.2, -0.15) is 5.10 Å². The van der Waals surface area contributed by atoms with E-state index >= 15 is 0 Å². The molecular formula is C11H22N4. The predicted octanol–water partition coefficient (Wildman–Crippen LogP) is 0.979. The number of aromatic nitrogens is 2. The Labute approximate surface area is 92.1 Å². The topological polar surface area (TPSA) is 47.1 Å². The van der Waals surface area contributed by atoms with E-state index in [4.69, 9.17) is 5.73 Å². The van der Waals surface area contributed by atoms with Crippen LogP contribution in [-0.4, -0.2) is 34.3 Å². The molecule has 0 radical (unpaired) electrons. The Morgan fingerprint density at radius 2 is 2.33 bits per heavy atom. The summed E-state index contributed by atoms with van der Waals surface area (Å²) in [6.45, 7) is 3.85. The largest absolute Gasteiger partial charge is 0.329 e. The van der Waals surface area contributed by atoms with Crippen LogP contribution in [0.15, 0.2) is 12.4 Å². The number of aryl methyl sites for hydroxylation is 1. The lowest BCUT2D eigenvalue weighted by atomic mass is 10.1. The van der Waals surface area contributed by atoms with E-state index in [1.165, 1.54) is 12.0 Å². The molecule has 0 aliphatic heterocycles. The van der Waals surface area contributed by atoms with E-state index < -0.39 is 0 Å². The maximum Gasteiger partial charge on any atom is 0.0534 e. The molecule has 86 valence electrons. The highest BCUT2D eigenvalue weighted by Crippen LogP contribution is 2.08. The third kappa shape index (κ3) is 3.64. The number of nitrogens with two attached hydrogens (primary N) is 1. The van der Waals surface area contributed by atoms with Gasteiger partial charge in [-0.3, -0.25) is 9.58 Å². The Morgan fingerprint density at radius 1 is 1.60 bits per heavy atom. The van der Waals surface area contributed by atoms with Gasteiger partial charge in [0.2, 0.25) is 0 Å². The molecule has 4 heteroatoms. The summed E-state index contributed by atoms with van der Waals surface area (Å²) in [5.74, 6) is 0. The van der Waals surface area contributed by atoms with Crippen molar-refractivity contribution in [2.24, 2.45) is 12.8 Å². The summed E-state index contributed by atoms with van der Waals surface area (Å²) in [5, 5.41) is 4.16. The van der Waals surface area contributed by atoms with Gasteiger partial charge in [-0.05, 0) is 13.5 Å². The van der Waals surface area contributed by atoms with Crippen LogP contribution in [-0.2, 0) is 13.6 Å². The maximum absolute atomic E-state index is 5.76. The molecule has 1 aromatic rings. The summed E-state index contributed by atoms with van der Waals surface area (Å²) in [6.07, 6.45) is 6.30. The van der Waals surface area contributed by atoms with Crippen molar-refractivity contribution in [2.45, 2.75) is 32.4 Å². The molecule has 0 saturated carbocycles. The summed E-state index contributed by atoms with van der Waals surface area (Å²) in [4.78, 5) is 2.31. The van der Waals surface area contributed by atoms with E-state index in [9.17, 15) is 0 Å². The molecule has 0 fully saturated rings. The fraction of sp³-hybridized carbons (Fsp3) is 0.727. The molecule has 1 aromatic heterocycles. The van der Waals surface area contributed by atoms with Crippen LogP contribution in [0.3, 0.4) is 0 Å². The van der Waals surface area contributed by atoms with Gasteiger partial charge in [0.1, 0.15) is 0 Å². The number of hydrogen-bond donors (Lipinski definition) is 1. The first kappa shape index (κ1) is 12.2. The second kappa shape index (κ2) is 5.88. The fourth-order valence-corrected chi connectivity index (χ4v) is 1.82. The van der Waals surface area contributed by atoms with E-state index in [1.807, 2.05) is 17.9 Å². The van der Waals surface area contributed by atoms with Crippen LogP contribution < -0.4 is 5.73 Å².